The molecule has 0 radical (unpaired) electrons. The van der Waals surface area contributed by atoms with E-state index in [-0.39, 0.29) is 19.4 Å². The summed E-state index contributed by atoms with van der Waals surface area (Å²) in [6.07, 6.45) is -0.713. The molecule has 1 rings (SSSR count). The maximum Gasteiger partial charge on any atom is 0.287 e. The number of ketones is 1. The molecule has 0 heterocycles. The summed E-state index contributed by atoms with van der Waals surface area (Å²) in [5.41, 5.74) is 2.71. The molecule has 2 amide bonds. The fraction of sp³-hybridized carbons (Fsp3) is 0.471. The van der Waals surface area contributed by atoms with Crippen LogP contribution >= 0.6 is 15.9 Å². The maximum absolute atomic E-state index is 12.0. The SMILES string of the molecule is CC(C)(CO)[C@](O)(CCC(=O)C(=O)NCc1ccc(Br)cc1)C(N)=O. The van der Waals surface area contributed by atoms with Gasteiger partial charge in [-0.1, -0.05) is 41.9 Å². The molecule has 25 heavy (non-hydrogen) atoms. The van der Waals surface area contributed by atoms with Gasteiger partial charge in [-0.15, -0.1) is 0 Å². The highest BCUT2D eigenvalue weighted by Gasteiger charge is 2.48. The molecule has 0 unspecified atom stereocenters. The minimum atomic E-state index is -2.09. The molecule has 0 aliphatic carbocycles. The van der Waals surface area contributed by atoms with Crippen LogP contribution in [0.25, 0.3) is 0 Å². The van der Waals surface area contributed by atoms with Crippen molar-refractivity contribution in [2.24, 2.45) is 11.1 Å². The Labute approximate surface area is 154 Å². The first-order valence-electron chi connectivity index (χ1n) is 7.72. The largest absolute Gasteiger partial charge is 0.396 e. The minimum absolute atomic E-state index is 0.181. The summed E-state index contributed by atoms with van der Waals surface area (Å²) in [5, 5.41) is 22.3. The molecule has 1 aromatic rings. The van der Waals surface area contributed by atoms with E-state index in [2.05, 4.69) is 21.2 Å². The molecule has 138 valence electrons. The minimum Gasteiger partial charge on any atom is -0.396 e. The van der Waals surface area contributed by atoms with Crippen molar-refractivity contribution in [2.45, 2.75) is 38.8 Å². The number of carbonyl (C=O) groups is 3. The highest BCUT2D eigenvalue weighted by molar-refractivity contribution is 9.10. The van der Waals surface area contributed by atoms with Gasteiger partial charge < -0.3 is 21.3 Å². The van der Waals surface area contributed by atoms with E-state index >= 15 is 0 Å². The topological polar surface area (TPSA) is 130 Å². The van der Waals surface area contributed by atoms with Crippen LogP contribution in [0.5, 0.6) is 0 Å². The van der Waals surface area contributed by atoms with Gasteiger partial charge in [-0.2, -0.15) is 0 Å². The number of nitrogens with two attached hydrogens (primary N) is 1. The van der Waals surface area contributed by atoms with Crippen molar-refractivity contribution >= 4 is 33.5 Å². The van der Waals surface area contributed by atoms with E-state index in [4.69, 9.17) is 5.73 Å². The first kappa shape index (κ1) is 21.3. The van der Waals surface area contributed by atoms with Crippen molar-refractivity contribution in [1.82, 2.24) is 5.32 Å². The molecular formula is C17H23BrN2O5. The Bertz CT molecular complexity index is 645. The van der Waals surface area contributed by atoms with Crippen LogP contribution < -0.4 is 11.1 Å². The van der Waals surface area contributed by atoms with Crippen LogP contribution in [0.4, 0.5) is 0 Å². The summed E-state index contributed by atoms with van der Waals surface area (Å²) >= 11 is 3.30. The van der Waals surface area contributed by atoms with E-state index < -0.39 is 35.2 Å². The van der Waals surface area contributed by atoms with Crippen molar-refractivity contribution in [1.29, 1.82) is 0 Å². The Hall–Kier alpha value is -1.77. The van der Waals surface area contributed by atoms with E-state index in [0.29, 0.717) is 0 Å². The molecule has 1 atom stereocenters. The number of halogens is 1. The van der Waals surface area contributed by atoms with Gasteiger partial charge in [-0.05, 0) is 24.1 Å². The Morgan fingerprint density at radius 1 is 1.20 bits per heavy atom. The lowest BCUT2D eigenvalue weighted by Gasteiger charge is -2.38. The van der Waals surface area contributed by atoms with Gasteiger partial charge in [0.25, 0.3) is 5.91 Å². The van der Waals surface area contributed by atoms with Gasteiger partial charge in [0.15, 0.2) is 5.60 Å². The Morgan fingerprint density at radius 3 is 2.24 bits per heavy atom. The fourth-order valence-corrected chi connectivity index (χ4v) is 2.48. The molecule has 0 aromatic heterocycles. The number of rotatable bonds is 9. The van der Waals surface area contributed by atoms with Crippen LogP contribution in [-0.2, 0) is 20.9 Å². The molecule has 0 bridgehead atoms. The van der Waals surface area contributed by atoms with Gasteiger partial charge in [0, 0.05) is 22.9 Å². The van der Waals surface area contributed by atoms with Gasteiger partial charge >= 0.3 is 0 Å². The third kappa shape index (κ3) is 5.35. The lowest BCUT2D eigenvalue weighted by atomic mass is 9.72. The monoisotopic (exact) mass is 414 g/mol. The standard InChI is InChI=1S/C17H23BrN2O5/c1-16(2,10-21)17(25,15(19)24)8-7-13(22)14(23)20-9-11-3-5-12(18)6-4-11/h3-6,21,25H,7-10H2,1-2H3,(H2,19,24)(H,20,23)/t17-/m0/s1. The molecule has 5 N–H and O–H groups in total. The Morgan fingerprint density at radius 2 is 1.76 bits per heavy atom. The predicted octanol–water partition coefficient (Wildman–Crippen LogP) is 0.649. The zero-order chi connectivity index (χ0) is 19.3. The quantitative estimate of drug-likeness (QED) is 0.440. The number of hydrogen-bond acceptors (Lipinski definition) is 5. The Kier molecular flexibility index (Phi) is 7.28. The van der Waals surface area contributed by atoms with Crippen LogP contribution in [0.15, 0.2) is 28.7 Å². The summed E-state index contributed by atoms with van der Waals surface area (Å²) in [6, 6.07) is 7.22. The van der Waals surface area contributed by atoms with Crippen LogP contribution in [0.1, 0.15) is 32.3 Å². The molecule has 0 spiro atoms. The second kappa shape index (κ2) is 8.55. The molecule has 0 fully saturated rings. The second-order valence-corrected chi connectivity index (χ2v) is 7.41. The first-order chi connectivity index (χ1) is 11.5. The van der Waals surface area contributed by atoms with Gasteiger partial charge in [0.1, 0.15) is 0 Å². The molecule has 1 aromatic carbocycles. The number of Topliss-reactive ketones (excluding diaryl/α,β-unsaturated/α-hetero) is 1. The number of carbonyl (C=O) groups excluding carboxylic acids is 3. The zero-order valence-corrected chi connectivity index (χ0v) is 15.8. The average Bonchev–Trinajstić information content (AvgIpc) is 2.58. The van der Waals surface area contributed by atoms with E-state index in [1.165, 1.54) is 13.8 Å². The van der Waals surface area contributed by atoms with Crippen LogP contribution in [0.3, 0.4) is 0 Å². The highest BCUT2D eigenvalue weighted by Crippen LogP contribution is 2.34. The predicted molar refractivity (Wildman–Crippen MR) is 95.2 cm³/mol. The van der Waals surface area contributed by atoms with Crippen molar-refractivity contribution in [3.05, 3.63) is 34.3 Å². The molecule has 0 aliphatic rings. The number of primary amides is 1. The Balaban J connectivity index is 2.63. The number of aliphatic hydroxyl groups excluding tert-OH is 1. The molecule has 0 aliphatic heterocycles. The summed E-state index contributed by atoms with van der Waals surface area (Å²) < 4.78 is 0.899. The summed E-state index contributed by atoms with van der Waals surface area (Å²) in [6.45, 7) is 2.59. The van der Waals surface area contributed by atoms with Gasteiger partial charge in [-0.3, -0.25) is 14.4 Å². The van der Waals surface area contributed by atoms with Crippen LogP contribution in [0.2, 0.25) is 0 Å². The normalized spacial score (nSPS) is 13.8. The summed E-state index contributed by atoms with van der Waals surface area (Å²) in [7, 11) is 0. The lowest BCUT2D eigenvalue weighted by Crippen LogP contribution is -2.56. The van der Waals surface area contributed by atoms with Gasteiger partial charge in [0.2, 0.25) is 11.7 Å². The maximum atomic E-state index is 12.0. The summed E-state index contributed by atoms with van der Waals surface area (Å²) in [5.74, 6) is -2.63. The zero-order valence-electron chi connectivity index (χ0n) is 14.2. The van der Waals surface area contributed by atoms with Gasteiger partial charge in [0.05, 0.1) is 6.61 Å². The lowest BCUT2D eigenvalue weighted by molar-refractivity contribution is -0.157. The first-order valence-corrected chi connectivity index (χ1v) is 8.51. The van der Waals surface area contributed by atoms with Crippen LogP contribution in [0, 0.1) is 5.41 Å². The second-order valence-electron chi connectivity index (χ2n) is 6.50. The third-order valence-corrected chi connectivity index (χ3v) is 4.78. The number of amides is 2. The van der Waals surface area contributed by atoms with Crippen molar-refractivity contribution in [3.63, 3.8) is 0 Å². The number of hydrogen-bond donors (Lipinski definition) is 4. The smallest absolute Gasteiger partial charge is 0.287 e. The van der Waals surface area contributed by atoms with E-state index in [1.807, 2.05) is 12.1 Å². The number of nitrogens with one attached hydrogen (secondary N) is 1. The van der Waals surface area contributed by atoms with Crippen LogP contribution in [-0.4, -0.2) is 40.0 Å². The molecule has 7 nitrogen and oxygen atoms in total. The van der Waals surface area contributed by atoms with E-state index in [1.54, 1.807) is 12.1 Å². The average molecular weight is 415 g/mol. The van der Waals surface area contributed by atoms with Crippen molar-refractivity contribution in [3.8, 4) is 0 Å². The summed E-state index contributed by atoms with van der Waals surface area (Å²) in [4.78, 5) is 35.4. The highest BCUT2D eigenvalue weighted by atomic mass is 79.9. The fourth-order valence-electron chi connectivity index (χ4n) is 2.22. The third-order valence-electron chi connectivity index (χ3n) is 4.26. The molecule has 8 heteroatoms. The van der Waals surface area contributed by atoms with E-state index in [9.17, 15) is 24.6 Å². The number of benzene rings is 1. The van der Waals surface area contributed by atoms with Crippen molar-refractivity contribution < 1.29 is 24.6 Å². The molecule has 0 saturated carbocycles. The van der Waals surface area contributed by atoms with Crippen molar-refractivity contribution in [2.75, 3.05) is 6.61 Å². The molecular weight excluding hydrogens is 392 g/mol. The van der Waals surface area contributed by atoms with E-state index in [0.717, 1.165) is 10.0 Å². The molecule has 0 saturated heterocycles. The van der Waals surface area contributed by atoms with Gasteiger partial charge in [-0.25, -0.2) is 0 Å². The number of aliphatic hydroxyl groups is 2.